The van der Waals surface area contributed by atoms with Crippen LogP contribution in [0.25, 0.3) is 0 Å². The minimum Gasteiger partial charge on any atom is -0.480 e. The quantitative estimate of drug-likeness (QED) is 0.456. The van der Waals surface area contributed by atoms with Gasteiger partial charge in [-0.05, 0) is 22.8 Å². The van der Waals surface area contributed by atoms with Gasteiger partial charge in [0.2, 0.25) is 11.8 Å². The lowest BCUT2D eigenvalue weighted by Crippen LogP contribution is -2.53. The number of nitrogens with zero attached hydrogens (tertiary/aromatic N) is 1. The van der Waals surface area contributed by atoms with Gasteiger partial charge in [0.1, 0.15) is 12.1 Å². The van der Waals surface area contributed by atoms with Gasteiger partial charge in [0.25, 0.3) is 0 Å². The van der Waals surface area contributed by atoms with Crippen LogP contribution in [0.1, 0.15) is 16.7 Å². The lowest BCUT2D eigenvalue weighted by molar-refractivity contribution is -0.142. The van der Waals surface area contributed by atoms with E-state index in [1.165, 1.54) is 0 Å². The molecule has 2 aromatic carbocycles. The number of hydrogen-bond acceptors (Lipinski definition) is 4. The normalized spacial score (nSPS) is 12.4. The monoisotopic (exact) mass is 431 g/mol. The van der Waals surface area contributed by atoms with E-state index in [-0.39, 0.29) is 25.2 Å². The fourth-order valence-corrected chi connectivity index (χ4v) is 3.31. The molecule has 3 rings (SSSR count). The summed E-state index contributed by atoms with van der Waals surface area (Å²) in [6, 6.07) is 19.8. The van der Waals surface area contributed by atoms with Crippen LogP contribution in [0, 0.1) is 0 Å². The van der Waals surface area contributed by atoms with Crippen LogP contribution in [0.3, 0.4) is 0 Å². The minimum atomic E-state index is -1.14. The molecule has 0 fully saturated rings. The third kappa shape index (κ3) is 7.05. The third-order valence-corrected chi connectivity index (χ3v) is 4.92. The minimum absolute atomic E-state index is 0.0682. The van der Waals surface area contributed by atoms with Crippen molar-refractivity contribution in [3.8, 4) is 0 Å². The maximum atomic E-state index is 13.0. The van der Waals surface area contributed by atoms with E-state index in [2.05, 4.69) is 15.6 Å². The first-order chi connectivity index (χ1) is 15.5. The van der Waals surface area contributed by atoms with Gasteiger partial charge in [0.05, 0.1) is 6.42 Å². The SMILES string of the molecule is O=C(Cc1cccnc1)NC(Cc1ccccc1)C(=O)NC(Cc1ccccc1)C(=O)O. The van der Waals surface area contributed by atoms with Crippen molar-refractivity contribution in [2.75, 3.05) is 0 Å². The molecule has 0 saturated carbocycles. The Balaban J connectivity index is 1.72. The predicted octanol–water partition coefficient (Wildman–Crippen LogP) is 2.16. The van der Waals surface area contributed by atoms with Crippen LogP contribution in [0.2, 0.25) is 0 Å². The highest BCUT2D eigenvalue weighted by Gasteiger charge is 2.27. The van der Waals surface area contributed by atoms with Gasteiger partial charge >= 0.3 is 5.97 Å². The molecule has 0 saturated heterocycles. The lowest BCUT2D eigenvalue weighted by Gasteiger charge is -2.22. The molecule has 164 valence electrons. The Kier molecular flexibility index (Phi) is 8.09. The van der Waals surface area contributed by atoms with Crippen LogP contribution < -0.4 is 10.6 Å². The topological polar surface area (TPSA) is 108 Å². The molecular weight excluding hydrogens is 406 g/mol. The predicted molar refractivity (Wildman–Crippen MR) is 120 cm³/mol. The number of carboxylic acid groups (broad SMARTS) is 1. The zero-order chi connectivity index (χ0) is 22.8. The third-order valence-electron chi connectivity index (χ3n) is 4.92. The fourth-order valence-electron chi connectivity index (χ4n) is 3.31. The summed E-state index contributed by atoms with van der Waals surface area (Å²) in [5.41, 5.74) is 2.36. The van der Waals surface area contributed by atoms with Crippen LogP contribution in [-0.4, -0.2) is 40.0 Å². The van der Waals surface area contributed by atoms with Crippen LogP contribution in [0.5, 0.6) is 0 Å². The van der Waals surface area contributed by atoms with Crippen molar-refractivity contribution in [2.45, 2.75) is 31.3 Å². The van der Waals surface area contributed by atoms with E-state index < -0.39 is 24.0 Å². The second kappa shape index (κ2) is 11.4. The molecule has 3 N–H and O–H groups in total. The summed E-state index contributed by atoms with van der Waals surface area (Å²) >= 11 is 0. The standard InChI is InChI=1S/C25H25N3O4/c29-23(16-20-12-7-13-26-17-20)27-21(14-18-8-3-1-4-9-18)24(30)28-22(25(31)32)15-19-10-5-2-6-11-19/h1-13,17,21-22H,14-16H2,(H,27,29)(H,28,30)(H,31,32). The molecule has 1 heterocycles. The van der Waals surface area contributed by atoms with Crippen molar-refractivity contribution < 1.29 is 19.5 Å². The zero-order valence-electron chi connectivity index (χ0n) is 17.5. The van der Waals surface area contributed by atoms with Crippen molar-refractivity contribution in [3.05, 3.63) is 102 Å². The van der Waals surface area contributed by atoms with E-state index in [9.17, 15) is 19.5 Å². The Morgan fingerprint density at radius 2 is 1.31 bits per heavy atom. The summed E-state index contributed by atoms with van der Waals surface area (Å²) in [7, 11) is 0. The van der Waals surface area contributed by atoms with E-state index in [4.69, 9.17) is 0 Å². The Bertz CT molecular complexity index is 1030. The van der Waals surface area contributed by atoms with Crippen molar-refractivity contribution >= 4 is 17.8 Å². The van der Waals surface area contributed by atoms with Crippen LogP contribution >= 0.6 is 0 Å². The number of carbonyl (C=O) groups excluding carboxylic acids is 2. The summed E-state index contributed by atoms with van der Waals surface area (Å²) in [4.78, 5) is 41.4. The molecule has 7 nitrogen and oxygen atoms in total. The molecule has 2 atom stereocenters. The van der Waals surface area contributed by atoms with Gasteiger partial charge in [-0.3, -0.25) is 14.6 Å². The van der Waals surface area contributed by atoms with Crippen molar-refractivity contribution in [2.24, 2.45) is 0 Å². The van der Waals surface area contributed by atoms with Crippen LogP contribution in [-0.2, 0) is 33.6 Å². The summed E-state index contributed by atoms with van der Waals surface area (Å²) in [5, 5.41) is 15.0. The summed E-state index contributed by atoms with van der Waals surface area (Å²) < 4.78 is 0. The highest BCUT2D eigenvalue weighted by Crippen LogP contribution is 2.07. The highest BCUT2D eigenvalue weighted by molar-refractivity contribution is 5.91. The number of aromatic nitrogens is 1. The molecule has 0 spiro atoms. The van der Waals surface area contributed by atoms with E-state index in [0.717, 1.165) is 16.7 Å². The van der Waals surface area contributed by atoms with E-state index in [1.54, 1.807) is 36.7 Å². The van der Waals surface area contributed by atoms with Gasteiger partial charge < -0.3 is 15.7 Å². The second-order valence-electron chi connectivity index (χ2n) is 7.44. The molecule has 0 aliphatic heterocycles. The van der Waals surface area contributed by atoms with Gasteiger partial charge in [-0.1, -0.05) is 66.7 Å². The number of rotatable bonds is 10. The Morgan fingerprint density at radius 3 is 1.84 bits per heavy atom. The number of nitrogens with one attached hydrogen (secondary N) is 2. The zero-order valence-corrected chi connectivity index (χ0v) is 17.5. The van der Waals surface area contributed by atoms with Gasteiger partial charge in [-0.2, -0.15) is 0 Å². The molecule has 32 heavy (non-hydrogen) atoms. The number of benzene rings is 2. The summed E-state index contributed by atoms with van der Waals surface area (Å²) in [6.07, 6.45) is 3.66. The van der Waals surface area contributed by atoms with Gasteiger partial charge in [0, 0.05) is 25.2 Å². The molecule has 0 aliphatic rings. The Hall–Kier alpha value is -4.00. The molecule has 2 amide bonds. The largest absolute Gasteiger partial charge is 0.480 e. The fraction of sp³-hybridized carbons (Fsp3) is 0.200. The molecule has 0 bridgehead atoms. The highest BCUT2D eigenvalue weighted by atomic mass is 16.4. The molecule has 0 radical (unpaired) electrons. The first-order valence-electron chi connectivity index (χ1n) is 10.3. The Labute approximate surface area is 186 Å². The number of hydrogen-bond donors (Lipinski definition) is 3. The lowest BCUT2D eigenvalue weighted by atomic mass is 10.0. The van der Waals surface area contributed by atoms with Gasteiger partial charge in [-0.25, -0.2) is 4.79 Å². The number of aliphatic carboxylic acids is 1. The molecule has 0 aliphatic carbocycles. The average molecular weight is 431 g/mol. The Morgan fingerprint density at radius 1 is 0.750 bits per heavy atom. The maximum Gasteiger partial charge on any atom is 0.326 e. The van der Waals surface area contributed by atoms with Crippen molar-refractivity contribution in [1.29, 1.82) is 0 Å². The summed E-state index contributed by atoms with van der Waals surface area (Å²) in [5.74, 6) is -2.02. The van der Waals surface area contributed by atoms with Crippen LogP contribution in [0.4, 0.5) is 0 Å². The number of amides is 2. The van der Waals surface area contributed by atoms with E-state index >= 15 is 0 Å². The molecule has 3 aromatic rings. The first-order valence-corrected chi connectivity index (χ1v) is 10.3. The van der Waals surface area contributed by atoms with Crippen molar-refractivity contribution in [3.63, 3.8) is 0 Å². The average Bonchev–Trinajstić information content (AvgIpc) is 2.80. The number of carboxylic acids is 1. The van der Waals surface area contributed by atoms with E-state index in [0.29, 0.717) is 0 Å². The number of carbonyl (C=O) groups is 3. The first kappa shape index (κ1) is 22.7. The van der Waals surface area contributed by atoms with Gasteiger partial charge in [-0.15, -0.1) is 0 Å². The van der Waals surface area contributed by atoms with Crippen LogP contribution in [0.15, 0.2) is 85.2 Å². The molecular formula is C25H25N3O4. The maximum absolute atomic E-state index is 13.0. The molecule has 1 aromatic heterocycles. The second-order valence-corrected chi connectivity index (χ2v) is 7.44. The van der Waals surface area contributed by atoms with Crippen molar-refractivity contribution in [1.82, 2.24) is 15.6 Å². The number of pyridine rings is 1. The molecule has 7 heteroatoms. The van der Waals surface area contributed by atoms with Gasteiger partial charge in [0.15, 0.2) is 0 Å². The smallest absolute Gasteiger partial charge is 0.326 e. The molecule has 2 unspecified atom stereocenters. The summed E-state index contributed by atoms with van der Waals surface area (Å²) in [6.45, 7) is 0. The van der Waals surface area contributed by atoms with E-state index in [1.807, 2.05) is 48.5 Å².